The molecule has 2 N–H and O–H groups in total. The minimum absolute atomic E-state index is 0.00270. The summed E-state index contributed by atoms with van der Waals surface area (Å²) in [6.45, 7) is 1.60. The summed E-state index contributed by atoms with van der Waals surface area (Å²) in [7, 11) is 2.10. The summed E-state index contributed by atoms with van der Waals surface area (Å²) in [5.41, 5.74) is 5.08. The van der Waals surface area contributed by atoms with E-state index in [4.69, 9.17) is 9.47 Å². The molecule has 1 amide bonds. The number of carbonyl (C=O) groups is 1. The largest absolute Gasteiger partial charge is 0.392 e. The second-order valence-electron chi connectivity index (χ2n) is 10.1. The van der Waals surface area contributed by atoms with E-state index < -0.39 is 6.29 Å². The zero-order valence-corrected chi connectivity index (χ0v) is 22.6. The van der Waals surface area contributed by atoms with E-state index in [1.54, 1.807) is 12.1 Å². The van der Waals surface area contributed by atoms with Gasteiger partial charge in [-0.1, -0.05) is 60.7 Å². The number of ether oxygens (including phenoxy) is 2. The molecule has 1 aromatic heterocycles. The Morgan fingerprint density at radius 3 is 2.50 bits per heavy atom. The summed E-state index contributed by atoms with van der Waals surface area (Å²) < 4.78 is 13.0. The molecule has 7 heteroatoms. The van der Waals surface area contributed by atoms with Crippen LogP contribution in [0.4, 0.5) is 5.69 Å². The Morgan fingerprint density at radius 2 is 1.75 bits per heavy atom. The third-order valence-corrected chi connectivity index (χ3v) is 7.06. The average Bonchev–Trinajstić information content (AvgIpc) is 3.01. The number of hydrogen-bond acceptors (Lipinski definition) is 6. The second-order valence-corrected chi connectivity index (χ2v) is 10.1. The first-order chi connectivity index (χ1) is 19.6. The van der Waals surface area contributed by atoms with Gasteiger partial charge in [-0.15, -0.1) is 0 Å². The highest BCUT2D eigenvalue weighted by atomic mass is 16.7. The van der Waals surface area contributed by atoms with Gasteiger partial charge in [0.15, 0.2) is 6.29 Å². The summed E-state index contributed by atoms with van der Waals surface area (Å²) in [6.07, 6.45) is 2.54. The maximum absolute atomic E-state index is 12.7. The summed E-state index contributed by atoms with van der Waals surface area (Å²) >= 11 is 0. The van der Waals surface area contributed by atoms with Crippen molar-refractivity contribution >= 4 is 11.6 Å². The summed E-state index contributed by atoms with van der Waals surface area (Å²) in [5.74, 6) is -0.169. The van der Waals surface area contributed by atoms with Gasteiger partial charge in [-0.25, -0.2) is 0 Å². The Balaban J connectivity index is 1.31. The standard InChI is InChI=1S/C33H35N3O4/c1-36(19-17-28-11-5-6-18-34-28)22-30-21-31(25-15-13-24(23-37)14-16-25)40-33(39-30)27-10-7-12-29(20-27)35-32(38)26-8-3-2-4-9-26/h2-16,18,20,30-31,33,37H,17,19,21-23H2,1H3,(H,35,38). The SMILES string of the molecule is CN(CCc1ccccn1)CC1CC(c2ccc(CO)cc2)OC(c2cccc(NC(=O)c3ccccc3)c2)O1. The Morgan fingerprint density at radius 1 is 0.950 bits per heavy atom. The van der Waals surface area contributed by atoms with E-state index in [0.29, 0.717) is 17.7 Å². The molecule has 7 nitrogen and oxygen atoms in total. The van der Waals surface area contributed by atoms with Gasteiger partial charge in [0.05, 0.1) is 18.8 Å². The lowest BCUT2D eigenvalue weighted by atomic mass is 9.99. The van der Waals surface area contributed by atoms with Crippen LogP contribution >= 0.6 is 0 Å². The number of rotatable bonds is 10. The number of hydrogen-bond donors (Lipinski definition) is 2. The van der Waals surface area contributed by atoms with Gasteiger partial charge in [-0.3, -0.25) is 9.78 Å². The number of benzene rings is 3. The van der Waals surface area contributed by atoms with Gasteiger partial charge in [0, 0.05) is 54.6 Å². The fourth-order valence-electron chi connectivity index (χ4n) is 4.88. The number of aliphatic hydroxyl groups is 1. The monoisotopic (exact) mass is 537 g/mol. The van der Waals surface area contributed by atoms with E-state index in [2.05, 4.69) is 22.2 Å². The molecule has 1 aliphatic heterocycles. The number of likely N-dealkylation sites (N-methyl/N-ethyl adjacent to an activating group) is 1. The number of aliphatic hydroxyl groups excluding tert-OH is 1. The van der Waals surface area contributed by atoms with Crippen molar-refractivity contribution in [2.45, 2.75) is 37.9 Å². The van der Waals surface area contributed by atoms with Crippen molar-refractivity contribution in [3.8, 4) is 0 Å². The van der Waals surface area contributed by atoms with Gasteiger partial charge in [0.1, 0.15) is 0 Å². The third-order valence-electron chi connectivity index (χ3n) is 7.06. The van der Waals surface area contributed by atoms with E-state index in [1.807, 2.05) is 91.1 Å². The van der Waals surface area contributed by atoms with Crippen LogP contribution < -0.4 is 5.32 Å². The highest BCUT2D eigenvalue weighted by molar-refractivity contribution is 6.04. The smallest absolute Gasteiger partial charge is 0.255 e. The molecule has 1 aliphatic rings. The first-order valence-corrected chi connectivity index (χ1v) is 13.6. The molecule has 1 fully saturated rings. The van der Waals surface area contributed by atoms with E-state index in [9.17, 15) is 9.90 Å². The van der Waals surface area contributed by atoms with Gasteiger partial charge >= 0.3 is 0 Å². The first kappa shape index (κ1) is 27.7. The molecule has 4 aromatic rings. The maximum Gasteiger partial charge on any atom is 0.255 e. The first-order valence-electron chi connectivity index (χ1n) is 13.6. The lowest BCUT2D eigenvalue weighted by molar-refractivity contribution is -0.252. The molecule has 0 bridgehead atoms. The van der Waals surface area contributed by atoms with Crippen LogP contribution in [0.2, 0.25) is 0 Å². The van der Waals surface area contributed by atoms with Crippen LogP contribution in [0.15, 0.2) is 103 Å². The van der Waals surface area contributed by atoms with Crippen molar-refractivity contribution in [2.24, 2.45) is 0 Å². The van der Waals surface area contributed by atoms with Crippen LogP contribution in [0, 0.1) is 0 Å². The van der Waals surface area contributed by atoms with Crippen LogP contribution in [0.3, 0.4) is 0 Å². The molecule has 5 rings (SSSR count). The molecule has 3 atom stereocenters. The highest BCUT2D eigenvalue weighted by Crippen LogP contribution is 2.38. The second kappa shape index (κ2) is 13.5. The molecule has 206 valence electrons. The quantitative estimate of drug-likeness (QED) is 0.276. The van der Waals surface area contributed by atoms with Gasteiger partial charge in [0.2, 0.25) is 0 Å². The fourth-order valence-corrected chi connectivity index (χ4v) is 4.88. The van der Waals surface area contributed by atoms with E-state index in [1.165, 1.54) is 0 Å². The minimum atomic E-state index is -0.598. The number of carbonyl (C=O) groups excluding carboxylic acids is 1. The third kappa shape index (κ3) is 7.40. The minimum Gasteiger partial charge on any atom is -0.392 e. The predicted octanol–water partition coefficient (Wildman–Crippen LogP) is 5.55. The number of pyridine rings is 1. The maximum atomic E-state index is 12.7. The van der Waals surface area contributed by atoms with Crippen molar-refractivity contribution in [3.05, 3.63) is 131 Å². The van der Waals surface area contributed by atoms with E-state index >= 15 is 0 Å². The zero-order chi connectivity index (χ0) is 27.7. The molecule has 0 saturated carbocycles. The number of amides is 1. The molecule has 3 aromatic carbocycles. The number of nitrogens with one attached hydrogen (secondary N) is 1. The molecule has 3 unspecified atom stereocenters. The van der Waals surface area contributed by atoms with Crippen molar-refractivity contribution < 1.29 is 19.4 Å². The molecular weight excluding hydrogens is 502 g/mol. The molecule has 0 aliphatic carbocycles. The lowest BCUT2D eigenvalue weighted by Crippen LogP contribution is -2.38. The highest BCUT2D eigenvalue weighted by Gasteiger charge is 2.33. The van der Waals surface area contributed by atoms with Crippen molar-refractivity contribution in [2.75, 3.05) is 25.5 Å². The Kier molecular flexibility index (Phi) is 9.31. The lowest BCUT2D eigenvalue weighted by Gasteiger charge is -2.38. The number of nitrogens with zero attached hydrogens (tertiary/aromatic N) is 2. The predicted molar refractivity (Wildman–Crippen MR) is 155 cm³/mol. The molecule has 0 spiro atoms. The molecule has 0 radical (unpaired) electrons. The van der Waals surface area contributed by atoms with E-state index in [0.717, 1.165) is 41.9 Å². The molecule has 2 heterocycles. The summed E-state index contributed by atoms with van der Waals surface area (Å²) in [6, 6.07) is 30.6. The topological polar surface area (TPSA) is 83.9 Å². The molecule has 40 heavy (non-hydrogen) atoms. The zero-order valence-electron chi connectivity index (χ0n) is 22.6. The van der Waals surface area contributed by atoms with Crippen molar-refractivity contribution in [3.63, 3.8) is 0 Å². The van der Waals surface area contributed by atoms with Crippen LogP contribution in [0.25, 0.3) is 0 Å². The van der Waals surface area contributed by atoms with E-state index in [-0.39, 0.29) is 24.7 Å². The number of aromatic nitrogens is 1. The van der Waals surface area contributed by atoms with Crippen LogP contribution in [-0.4, -0.2) is 47.1 Å². The van der Waals surface area contributed by atoms with Crippen molar-refractivity contribution in [1.29, 1.82) is 0 Å². The van der Waals surface area contributed by atoms with Crippen LogP contribution in [0.1, 0.15) is 51.6 Å². The Hall–Kier alpha value is -3.88. The normalized spacial score (nSPS) is 18.9. The average molecular weight is 538 g/mol. The number of anilines is 1. The molecule has 1 saturated heterocycles. The van der Waals surface area contributed by atoms with Gasteiger partial charge in [-0.05, 0) is 54.6 Å². The van der Waals surface area contributed by atoms with Gasteiger partial charge in [0.25, 0.3) is 5.91 Å². The van der Waals surface area contributed by atoms with Crippen molar-refractivity contribution in [1.82, 2.24) is 9.88 Å². The summed E-state index contributed by atoms with van der Waals surface area (Å²) in [5, 5.41) is 12.5. The Labute approximate surface area is 235 Å². The van der Waals surface area contributed by atoms with Crippen LogP contribution in [-0.2, 0) is 22.5 Å². The van der Waals surface area contributed by atoms with Crippen LogP contribution in [0.5, 0.6) is 0 Å². The van der Waals surface area contributed by atoms with Gasteiger partial charge in [-0.2, -0.15) is 0 Å². The Bertz CT molecular complexity index is 1370. The summed E-state index contributed by atoms with van der Waals surface area (Å²) in [4.78, 5) is 19.4. The molecular formula is C33H35N3O4. The fraction of sp³-hybridized carbons (Fsp3) is 0.273. The van der Waals surface area contributed by atoms with Gasteiger partial charge < -0.3 is 24.8 Å².